The van der Waals surface area contributed by atoms with Gasteiger partial charge in [-0.15, -0.1) is 0 Å². The Morgan fingerprint density at radius 3 is 2.68 bits per heavy atom. The Bertz CT molecular complexity index is 411. The molecule has 0 heterocycles. The van der Waals surface area contributed by atoms with Crippen LogP contribution >= 0.6 is 0 Å². The monoisotopic (exact) mass is 259 g/mol. The van der Waals surface area contributed by atoms with E-state index in [1.54, 1.807) is 0 Å². The van der Waals surface area contributed by atoms with E-state index in [1.165, 1.54) is 24.8 Å². The quantitative estimate of drug-likeness (QED) is 0.650. The zero-order valence-corrected chi connectivity index (χ0v) is 12.3. The Morgan fingerprint density at radius 2 is 2.05 bits per heavy atom. The van der Waals surface area contributed by atoms with Crippen molar-refractivity contribution in [3.05, 3.63) is 35.9 Å². The Labute approximate surface area is 116 Å². The summed E-state index contributed by atoms with van der Waals surface area (Å²) in [5, 5.41) is 3.57. The average Bonchev–Trinajstić information content (AvgIpc) is 3.14. The molecule has 19 heavy (non-hydrogen) atoms. The number of nitrogens with zero attached hydrogens (tertiary/aromatic N) is 2. The number of benzene rings is 1. The molecular weight excluding hydrogens is 234 g/mol. The fourth-order valence-electron chi connectivity index (χ4n) is 2.35. The van der Waals surface area contributed by atoms with Crippen LogP contribution < -0.4 is 5.32 Å². The number of rotatable bonds is 5. The van der Waals surface area contributed by atoms with Gasteiger partial charge < -0.3 is 10.2 Å². The highest BCUT2D eigenvalue weighted by Gasteiger charge is 2.36. The fraction of sp³-hybridized carbons (Fsp3) is 0.562. The van der Waals surface area contributed by atoms with Gasteiger partial charge in [0.05, 0.1) is 6.54 Å². The molecule has 0 aliphatic heterocycles. The second-order valence-corrected chi connectivity index (χ2v) is 5.56. The summed E-state index contributed by atoms with van der Waals surface area (Å²) in [7, 11) is 4.10. The van der Waals surface area contributed by atoms with Crippen LogP contribution in [0.3, 0.4) is 0 Å². The molecule has 0 saturated heterocycles. The van der Waals surface area contributed by atoms with Crippen LogP contribution in [0, 0.1) is 5.92 Å². The Kier molecular flexibility index (Phi) is 4.83. The van der Waals surface area contributed by atoms with Crippen molar-refractivity contribution in [2.45, 2.75) is 38.8 Å². The van der Waals surface area contributed by atoms with Crippen molar-refractivity contribution in [2.75, 3.05) is 14.1 Å². The number of hydrogen-bond acceptors (Lipinski definition) is 1. The van der Waals surface area contributed by atoms with E-state index >= 15 is 0 Å². The average molecular weight is 259 g/mol. The van der Waals surface area contributed by atoms with Crippen LogP contribution in [0.25, 0.3) is 0 Å². The van der Waals surface area contributed by atoms with E-state index in [0.29, 0.717) is 6.04 Å². The van der Waals surface area contributed by atoms with E-state index < -0.39 is 0 Å². The standard InChI is InChI=1S/C16H25N3/c1-4-8-14-11-15(14)18-16(19(2)3)17-12-13-9-6-5-7-10-13/h5-7,9-10,14-15H,4,8,11-12H2,1-3H3,(H,17,18). The van der Waals surface area contributed by atoms with E-state index in [-0.39, 0.29) is 0 Å². The maximum atomic E-state index is 4.70. The molecule has 0 bridgehead atoms. The van der Waals surface area contributed by atoms with Crippen LogP contribution in [0.15, 0.2) is 35.3 Å². The minimum Gasteiger partial charge on any atom is -0.353 e. The molecule has 0 spiro atoms. The summed E-state index contributed by atoms with van der Waals surface area (Å²) in [6.07, 6.45) is 3.91. The summed E-state index contributed by atoms with van der Waals surface area (Å²) in [6, 6.07) is 11.0. The van der Waals surface area contributed by atoms with Crippen molar-refractivity contribution in [3.8, 4) is 0 Å². The lowest BCUT2D eigenvalue weighted by molar-refractivity contribution is 0.564. The molecule has 1 fully saturated rings. The third-order valence-electron chi connectivity index (χ3n) is 3.57. The van der Waals surface area contributed by atoms with Gasteiger partial charge in [0.1, 0.15) is 0 Å². The summed E-state index contributed by atoms with van der Waals surface area (Å²) in [5.41, 5.74) is 1.25. The molecule has 1 N–H and O–H groups in total. The van der Waals surface area contributed by atoms with Gasteiger partial charge in [0, 0.05) is 20.1 Å². The largest absolute Gasteiger partial charge is 0.353 e. The van der Waals surface area contributed by atoms with E-state index in [0.717, 1.165) is 18.4 Å². The lowest BCUT2D eigenvalue weighted by atomic mass is 10.2. The minimum atomic E-state index is 0.636. The molecule has 3 nitrogen and oxygen atoms in total. The SMILES string of the molecule is CCCC1CC1NC(=NCc1ccccc1)N(C)C. The number of guanidine groups is 1. The molecule has 0 aromatic heterocycles. The maximum Gasteiger partial charge on any atom is 0.193 e. The Hall–Kier alpha value is -1.51. The third kappa shape index (κ3) is 4.27. The van der Waals surface area contributed by atoms with Crippen LogP contribution in [0.4, 0.5) is 0 Å². The van der Waals surface area contributed by atoms with Gasteiger partial charge in [-0.05, 0) is 24.3 Å². The van der Waals surface area contributed by atoms with Gasteiger partial charge in [0.25, 0.3) is 0 Å². The predicted octanol–water partition coefficient (Wildman–Crippen LogP) is 2.88. The van der Waals surface area contributed by atoms with Crippen molar-refractivity contribution < 1.29 is 0 Å². The lowest BCUT2D eigenvalue weighted by Crippen LogP contribution is -2.38. The summed E-state index contributed by atoms with van der Waals surface area (Å²) < 4.78 is 0. The molecule has 3 heteroatoms. The highest BCUT2D eigenvalue weighted by atomic mass is 15.3. The molecule has 2 rings (SSSR count). The maximum absolute atomic E-state index is 4.70. The Morgan fingerprint density at radius 1 is 1.32 bits per heavy atom. The minimum absolute atomic E-state index is 0.636. The molecule has 1 aromatic carbocycles. The molecule has 2 atom stereocenters. The first-order valence-corrected chi connectivity index (χ1v) is 7.23. The predicted molar refractivity (Wildman–Crippen MR) is 81.2 cm³/mol. The molecule has 1 aromatic rings. The first-order chi connectivity index (χ1) is 9.20. The van der Waals surface area contributed by atoms with E-state index in [1.807, 2.05) is 20.2 Å². The normalized spacial score (nSPS) is 22.2. The van der Waals surface area contributed by atoms with E-state index in [2.05, 4.69) is 41.4 Å². The van der Waals surface area contributed by atoms with Gasteiger partial charge in [0.2, 0.25) is 0 Å². The number of hydrogen-bond donors (Lipinski definition) is 1. The highest BCUT2D eigenvalue weighted by molar-refractivity contribution is 5.80. The van der Waals surface area contributed by atoms with E-state index in [9.17, 15) is 0 Å². The topological polar surface area (TPSA) is 27.6 Å². The zero-order valence-electron chi connectivity index (χ0n) is 12.3. The second kappa shape index (κ2) is 6.60. The van der Waals surface area contributed by atoms with Gasteiger partial charge in [-0.3, -0.25) is 0 Å². The van der Waals surface area contributed by atoms with Crippen molar-refractivity contribution in [1.82, 2.24) is 10.2 Å². The van der Waals surface area contributed by atoms with Gasteiger partial charge in [-0.2, -0.15) is 0 Å². The summed E-state index contributed by atoms with van der Waals surface area (Å²) in [6.45, 7) is 3.00. The molecule has 0 amide bonds. The number of nitrogens with one attached hydrogen (secondary N) is 1. The van der Waals surface area contributed by atoms with Crippen LogP contribution in [-0.4, -0.2) is 31.0 Å². The molecule has 2 unspecified atom stereocenters. The number of aliphatic imine (C=N–C) groups is 1. The molecular formula is C16H25N3. The molecule has 1 aliphatic rings. The smallest absolute Gasteiger partial charge is 0.193 e. The van der Waals surface area contributed by atoms with Crippen molar-refractivity contribution in [2.24, 2.45) is 10.9 Å². The molecule has 104 valence electrons. The van der Waals surface area contributed by atoms with Crippen LogP contribution in [0.2, 0.25) is 0 Å². The summed E-state index contributed by atoms with van der Waals surface area (Å²) in [4.78, 5) is 6.77. The van der Waals surface area contributed by atoms with Crippen LogP contribution in [0.1, 0.15) is 31.7 Å². The summed E-state index contributed by atoms with van der Waals surface area (Å²) in [5.74, 6) is 1.86. The highest BCUT2D eigenvalue weighted by Crippen LogP contribution is 2.34. The van der Waals surface area contributed by atoms with E-state index in [4.69, 9.17) is 4.99 Å². The third-order valence-corrected chi connectivity index (χ3v) is 3.57. The fourth-order valence-corrected chi connectivity index (χ4v) is 2.35. The van der Waals surface area contributed by atoms with Gasteiger partial charge >= 0.3 is 0 Å². The van der Waals surface area contributed by atoms with Gasteiger partial charge in [-0.25, -0.2) is 4.99 Å². The van der Waals surface area contributed by atoms with Gasteiger partial charge in [-0.1, -0.05) is 43.7 Å². The first kappa shape index (κ1) is 13.9. The lowest BCUT2D eigenvalue weighted by Gasteiger charge is -2.17. The summed E-state index contributed by atoms with van der Waals surface area (Å²) >= 11 is 0. The van der Waals surface area contributed by atoms with Crippen molar-refractivity contribution >= 4 is 5.96 Å². The molecule has 0 radical (unpaired) electrons. The Balaban J connectivity index is 1.89. The van der Waals surface area contributed by atoms with Crippen LogP contribution in [-0.2, 0) is 6.54 Å². The van der Waals surface area contributed by atoms with Crippen LogP contribution in [0.5, 0.6) is 0 Å². The van der Waals surface area contributed by atoms with Crippen molar-refractivity contribution in [3.63, 3.8) is 0 Å². The zero-order chi connectivity index (χ0) is 13.7. The first-order valence-electron chi connectivity index (χ1n) is 7.23. The molecule has 1 aliphatic carbocycles. The van der Waals surface area contributed by atoms with Crippen molar-refractivity contribution in [1.29, 1.82) is 0 Å². The molecule has 1 saturated carbocycles. The van der Waals surface area contributed by atoms with Gasteiger partial charge in [0.15, 0.2) is 5.96 Å². The second-order valence-electron chi connectivity index (χ2n) is 5.56.